The van der Waals surface area contributed by atoms with Gasteiger partial charge in [0.1, 0.15) is 0 Å². The third-order valence-corrected chi connectivity index (χ3v) is 2.26. The van der Waals surface area contributed by atoms with Gasteiger partial charge in [-0.25, -0.2) is 0 Å². The molecule has 0 aromatic carbocycles. The van der Waals surface area contributed by atoms with E-state index >= 15 is 0 Å². The standard InChI is InChI=1S/C11H25NO3/c1-7-15-11(3,4)8-12-9(2)10(13-5)14-6/h9-10,12H,7-8H2,1-6H3. The summed E-state index contributed by atoms with van der Waals surface area (Å²) in [5.74, 6) is 0. The first-order chi connectivity index (χ1) is 6.96. The molecular formula is C11H25NO3. The predicted molar refractivity (Wildman–Crippen MR) is 61.0 cm³/mol. The van der Waals surface area contributed by atoms with E-state index < -0.39 is 0 Å². The van der Waals surface area contributed by atoms with Crippen molar-refractivity contribution in [3.63, 3.8) is 0 Å². The monoisotopic (exact) mass is 219 g/mol. The van der Waals surface area contributed by atoms with Gasteiger partial charge < -0.3 is 19.5 Å². The summed E-state index contributed by atoms with van der Waals surface area (Å²) in [5, 5.41) is 3.33. The molecule has 15 heavy (non-hydrogen) atoms. The Labute approximate surface area is 93.3 Å². The summed E-state index contributed by atoms with van der Waals surface area (Å²) in [7, 11) is 3.28. The maximum absolute atomic E-state index is 5.58. The van der Waals surface area contributed by atoms with E-state index in [1.807, 2.05) is 13.8 Å². The van der Waals surface area contributed by atoms with E-state index in [9.17, 15) is 0 Å². The van der Waals surface area contributed by atoms with Gasteiger partial charge in [0.15, 0.2) is 6.29 Å². The highest BCUT2D eigenvalue weighted by Crippen LogP contribution is 2.08. The molecular weight excluding hydrogens is 194 g/mol. The first kappa shape index (κ1) is 14.8. The Morgan fingerprint density at radius 1 is 1.20 bits per heavy atom. The van der Waals surface area contributed by atoms with Gasteiger partial charge in [-0.2, -0.15) is 0 Å². The van der Waals surface area contributed by atoms with Crippen molar-refractivity contribution in [1.82, 2.24) is 5.32 Å². The summed E-state index contributed by atoms with van der Waals surface area (Å²) >= 11 is 0. The van der Waals surface area contributed by atoms with Gasteiger partial charge in [0, 0.05) is 27.4 Å². The van der Waals surface area contributed by atoms with E-state index in [0.29, 0.717) is 0 Å². The fraction of sp³-hybridized carbons (Fsp3) is 1.00. The van der Waals surface area contributed by atoms with Crippen LogP contribution < -0.4 is 5.32 Å². The van der Waals surface area contributed by atoms with Crippen LogP contribution in [0, 0.1) is 0 Å². The lowest BCUT2D eigenvalue weighted by Gasteiger charge is -2.29. The molecule has 0 aliphatic carbocycles. The molecule has 0 radical (unpaired) electrons. The predicted octanol–water partition coefficient (Wildman–Crippen LogP) is 1.40. The minimum Gasteiger partial charge on any atom is -0.375 e. The maximum atomic E-state index is 5.58. The normalized spacial score (nSPS) is 14.6. The Bertz CT molecular complexity index is 158. The number of methoxy groups -OCH3 is 2. The van der Waals surface area contributed by atoms with Gasteiger partial charge >= 0.3 is 0 Å². The minimum absolute atomic E-state index is 0.139. The van der Waals surface area contributed by atoms with Crippen molar-refractivity contribution in [1.29, 1.82) is 0 Å². The van der Waals surface area contributed by atoms with Crippen LogP contribution in [-0.4, -0.2) is 45.3 Å². The third-order valence-electron chi connectivity index (χ3n) is 2.26. The molecule has 0 aliphatic heterocycles. The van der Waals surface area contributed by atoms with Crippen LogP contribution in [-0.2, 0) is 14.2 Å². The van der Waals surface area contributed by atoms with E-state index in [0.717, 1.165) is 13.2 Å². The second kappa shape index (κ2) is 7.17. The Morgan fingerprint density at radius 3 is 2.13 bits per heavy atom. The minimum atomic E-state index is -0.220. The van der Waals surface area contributed by atoms with Crippen LogP contribution in [0.4, 0.5) is 0 Å². The molecule has 0 amide bonds. The van der Waals surface area contributed by atoms with Crippen molar-refractivity contribution in [2.75, 3.05) is 27.4 Å². The number of hydrogen-bond acceptors (Lipinski definition) is 4. The summed E-state index contributed by atoms with van der Waals surface area (Å²) in [4.78, 5) is 0. The molecule has 1 N–H and O–H groups in total. The van der Waals surface area contributed by atoms with Crippen LogP contribution in [0.5, 0.6) is 0 Å². The number of rotatable bonds is 8. The van der Waals surface area contributed by atoms with Crippen molar-refractivity contribution in [2.45, 2.75) is 45.6 Å². The molecule has 92 valence electrons. The molecule has 0 aromatic heterocycles. The highest BCUT2D eigenvalue weighted by molar-refractivity contribution is 4.75. The van der Waals surface area contributed by atoms with Crippen LogP contribution in [0.3, 0.4) is 0 Å². The summed E-state index contributed by atoms with van der Waals surface area (Å²) in [6.07, 6.45) is -0.220. The topological polar surface area (TPSA) is 39.7 Å². The second-order valence-corrected chi connectivity index (χ2v) is 4.20. The van der Waals surface area contributed by atoms with E-state index in [2.05, 4.69) is 19.2 Å². The quantitative estimate of drug-likeness (QED) is 0.626. The lowest BCUT2D eigenvalue weighted by molar-refractivity contribution is -0.122. The second-order valence-electron chi connectivity index (χ2n) is 4.20. The van der Waals surface area contributed by atoms with E-state index in [-0.39, 0.29) is 17.9 Å². The molecule has 0 aliphatic rings. The maximum Gasteiger partial charge on any atom is 0.171 e. The zero-order chi connectivity index (χ0) is 11.9. The van der Waals surface area contributed by atoms with Crippen LogP contribution in [0.2, 0.25) is 0 Å². The fourth-order valence-corrected chi connectivity index (χ4v) is 1.45. The first-order valence-electron chi connectivity index (χ1n) is 5.39. The average molecular weight is 219 g/mol. The lowest BCUT2D eigenvalue weighted by Crippen LogP contribution is -2.46. The number of nitrogens with one attached hydrogen (secondary N) is 1. The number of ether oxygens (including phenoxy) is 3. The Hall–Kier alpha value is -0.160. The van der Waals surface area contributed by atoms with Crippen LogP contribution >= 0.6 is 0 Å². The highest BCUT2D eigenvalue weighted by Gasteiger charge is 2.21. The van der Waals surface area contributed by atoms with E-state index in [1.165, 1.54) is 0 Å². The van der Waals surface area contributed by atoms with Crippen LogP contribution in [0.15, 0.2) is 0 Å². The van der Waals surface area contributed by atoms with Gasteiger partial charge in [-0.15, -0.1) is 0 Å². The third kappa shape index (κ3) is 6.10. The highest BCUT2D eigenvalue weighted by atomic mass is 16.7. The van der Waals surface area contributed by atoms with Crippen LogP contribution in [0.1, 0.15) is 27.7 Å². The molecule has 4 heteroatoms. The first-order valence-corrected chi connectivity index (χ1v) is 5.39. The average Bonchev–Trinajstić information content (AvgIpc) is 2.17. The van der Waals surface area contributed by atoms with Crippen molar-refractivity contribution in [3.05, 3.63) is 0 Å². The molecule has 0 spiro atoms. The van der Waals surface area contributed by atoms with Gasteiger partial charge in [0.25, 0.3) is 0 Å². The Kier molecular flexibility index (Phi) is 7.09. The molecule has 0 saturated heterocycles. The molecule has 4 nitrogen and oxygen atoms in total. The fourth-order valence-electron chi connectivity index (χ4n) is 1.45. The Morgan fingerprint density at radius 2 is 1.73 bits per heavy atom. The molecule has 1 unspecified atom stereocenters. The number of hydrogen-bond donors (Lipinski definition) is 1. The van der Waals surface area contributed by atoms with E-state index in [4.69, 9.17) is 14.2 Å². The summed E-state index contributed by atoms with van der Waals surface area (Å²) in [6, 6.07) is 0.139. The van der Waals surface area contributed by atoms with Gasteiger partial charge in [-0.05, 0) is 27.7 Å². The van der Waals surface area contributed by atoms with Crippen LogP contribution in [0.25, 0.3) is 0 Å². The van der Waals surface area contributed by atoms with Crippen molar-refractivity contribution >= 4 is 0 Å². The largest absolute Gasteiger partial charge is 0.375 e. The van der Waals surface area contributed by atoms with Crippen molar-refractivity contribution in [3.8, 4) is 0 Å². The van der Waals surface area contributed by atoms with Gasteiger partial charge in [-0.3, -0.25) is 0 Å². The molecule has 0 aromatic rings. The molecule has 0 saturated carbocycles. The van der Waals surface area contributed by atoms with Gasteiger partial charge in [0.05, 0.1) is 11.6 Å². The van der Waals surface area contributed by atoms with Gasteiger partial charge in [-0.1, -0.05) is 0 Å². The zero-order valence-electron chi connectivity index (χ0n) is 10.8. The lowest BCUT2D eigenvalue weighted by atomic mass is 10.1. The Balaban J connectivity index is 3.92. The summed E-state index contributed by atoms with van der Waals surface area (Å²) < 4.78 is 15.9. The smallest absolute Gasteiger partial charge is 0.171 e. The SMILES string of the molecule is CCOC(C)(C)CNC(C)C(OC)OC. The molecule has 0 bridgehead atoms. The van der Waals surface area contributed by atoms with Crippen molar-refractivity contribution in [2.24, 2.45) is 0 Å². The molecule has 0 heterocycles. The van der Waals surface area contributed by atoms with Crippen molar-refractivity contribution < 1.29 is 14.2 Å². The summed E-state index contributed by atoms with van der Waals surface area (Å²) in [5.41, 5.74) is -0.158. The van der Waals surface area contributed by atoms with Gasteiger partial charge in [0.2, 0.25) is 0 Å². The van der Waals surface area contributed by atoms with E-state index in [1.54, 1.807) is 14.2 Å². The molecule has 1 atom stereocenters. The molecule has 0 rings (SSSR count). The zero-order valence-corrected chi connectivity index (χ0v) is 10.8. The summed E-state index contributed by atoms with van der Waals surface area (Å²) in [6.45, 7) is 9.64. The molecule has 0 fully saturated rings.